The van der Waals surface area contributed by atoms with Crippen molar-refractivity contribution < 1.29 is 9.53 Å². The third-order valence-corrected chi connectivity index (χ3v) is 7.67. The maximum Gasteiger partial charge on any atom is 0.267 e. The highest BCUT2D eigenvalue weighted by Crippen LogP contribution is 2.35. The lowest BCUT2D eigenvalue weighted by Gasteiger charge is -2.29. The number of anilines is 1. The fourth-order valence-corrected chi connectivity index (χ4v) is 5.64. The smallest absolute Gasteiger partial charge is 0.267 e. The summed E-state index contributed by atoms with van der Waals surface area (Å²) in [5, 5.41) is 0. The largest absolute Gasteiger partial charge is 0.497 e. The molecule has 9 heteroatoms. The maximum atomic E-state index is 13.6. The SMILES string of the molecule is COc1ccc(CN2C(=O)/C(=C\c3c(N4CCCCC4)nc4ccc(C)cn4c3=O)SC2=S)cc1. The van der Waals surface area contributed by atoms with Crippen molar-refractivity contribution in [1.82, 2.24) is 14.3 Å². The maximum absolute atomic E-state index is 13.6. The lowest BCUT2D eigenvalue weighted by atomic mass is 10.1. The van der Waals surface area contributed by atoms with Crippen LogP contribution < -0.4 is 15.2 Å². The molecule has 1 amide bonds. The van der Waals surface area contributed by atoms with Crippen molar-refractivity contribution >= 4 is 51.7 Å². The highest BCUT2D eigenvalue weighted by atomic mass is 32.2. The molecule has 0 atom stereocenters. The Kier molecular flexibility index (Phi) is 6.62. The number of ether oxygens (including phenoxy) is 1. The average Bonchev–Trinajstić information content (AvgIpc) is 3.14. The molecule has 1 aromatic carbocycles. The summed E-state index contributed by atoms with van der Waals surface area (Å²) < 4.78 is 7.25. The molecule has 0 bridgehead atoms. The van der Waals surface area contributed by atoms with E-state index in [0.717, 1.165) is 42.8 Å². The quantitative estimate of drug-likeness (QED) is 0.375. The standard InChI is InChI=1S/C26H26N4O3S2/c1-17-6-11-22-27-23(28-12-4-3-5-13-28)20(24(31)29(22)15-17)14-21-25(32)30(26(34)35-21)16-18-7-9-19(33-2)10-8-18/h6-11,14-15H,3-5,12-13,16H2,1-2H3/b21-14+. The van der Waals surface area contributed by atoms with Crippen molar-refractivity contribution in [2.75, 3.05) is 25.1 Å². The summed E-state index contributed by atoms with van der Waals surface area (Å²) in [6.07, 6.45) is 6.75. The number of carbonyl (C=O) groups is 1. The summed E-state index contributed by atoms with van der Waals surface area (Å²) in [5.41, 5.74) is 2.76. The second-order valence-electron chi connectivity index (χ2n) is 8.75. The molecule has 2 aliphatic heterocycles. The summed E-state index contributed by atoms with van der Waals surface area (Å²) in [5.74, 6) is 1.19. The Morgan fingerprint density at radius 3 is 2.54 bits per heavy atom. The third kappa shape index (κ3) is 4.70. The van der Waals surface area contributed by atoms with Crippen molar-refractivity contribution in [2.24, 2.45) is 0 Å². The number of pyridine rings is 1. The van der Waals surface area contributed by atoms with Crippen molar-refractivity contribution in [2.45, 2.75) is 32.7 Å². The summed E-state index contributed by atoms with van der Waals surface area (Å²) in [6.45, 7) is 3.98. The Morgan fingerprint density at radius 2 is 1.83 bits per heavy atom. The molecule has 0 aliphatic carbocycles. The average molecular weight is 507 g/mol. The number of hydrogen-bond donors (Lipinski definition) is 0. The minimum atomic E-state index is -0.200. The van der Waals surface area contributed by atoms with Gasteiger partial charge >= 0.3 is 0 Å². The molecule has 0 N–H and O–H groups in total. The Morgan fingerprint density at radius 1 is 1.09 bits per heavy atom. The molecule has 5 rings (SSSR count). The number of piperidine rings is 1. The van der Waals surface area contributed by atoms with Gasteiger partial charge in [-0.1, -0.05) is 42.2 Å². The van der Waals surface area contributed by atoms with Crippen molar-refractivity contribution in [3.63, 3.8) is 0 Å². The lowest BCUT2D eigenvalue weighted by molar-refractivity contribution is -0.122. The zero-order chi connectivity index (χ0) is 24.5. The van der Waals surface area contributed by atoms with E-state index in [9.17, 15) is 9.59 Å². The number of carbonyl (C=O) groups excluding carboxylic acids is 1. The molecule has 4 heterocycles. The predicted molar refractivity (Wildman–Crippen MR) is 144 cm³/mol. The molecular formula is C26H26N4O3S2. The first kappa shape index (κ1) is 23.6. The highest BCUT2D eigenvalue weighted by Gasteiger charge is 2.33. The molecule has 2 saturated heterocycles. The van der Waals surface area contributed by atoms with E-state index in [1.54, 1.807) is 28.7 Å². The molecule has 2 aliphatic rings. The van der Waals surface area contributed by atoms with E-state index in [-0.39, 0.29) is 11.5 Å². The van der Waals surface area contributed by atoms with Gasteiger partial charge in [0.1, 0.15) is 21.5 Å². The Hall–Kier alpha value is -3.17. The third-order valence-electron chi connectivity index (χ3n) is 6.29. The minimum Gasteiger partial charge on any atom is -0.497 e. The number of nitrogens with zero attached hydrogens (tertiary/aromatic N) is 4. The number of hydrogen-bond acceptors (Lipinski definition) is 7. The number of aromatic nitrogens is 2. The summed E-state index contributed by atoms with van der Waals surface area (Å²) >= 11 is 6.76. The van der Waals surface area contributed by atoms with Gasteiger partial charge in [-0.3, -0.25) is 18.9 Å². The van der Waals surface area contributed by atoms with Crippen LogP contribution in [0.5, 0.6) is 5.75 Å². The van der Waals surface area contributed by atoms with E-state index >= 15 is 0 Å². The summed E-state index contributed by atoms with van der Waals surface area (Å²) in [6, 6.07) is 11.4. The fraction of sp³-hybridized carbons (Fsp3) is 0.308. The molecule has 0 spiro atoms. The van der Waals surface area contributed by atoms with Crippen molar-refractivity contribution in [1.29, 1.82) is 0 Å². The first-order valence-corrected chi connectivity index (χ1v) is 12.8. The van der Waals surface area contributed by atoms with Gasteiger partial charge in [0.25, 0.3) is 11.5 Å². The summed E-state index contributed by atoms with van der Waals surface area (Å²) in [4.78, 5) is 36.0. The lowest BCUT2D eigenvalue weighted by Crippen LogP contribution is -2.33. The van der Waals surface area contributed by atoms with Crippen LogP contribution in [0.2, 0.25) is 0 Å². The number of rotatable bonds is 5. The van der Waals surface area contributed by atoms with Crippen molar-refractivity contribution in [3.05, 3.63) is 74.5 Å². The Bertz CT molecular complexity index is 1390. The van der Waals surface area contributed by atoms with Crippen LogP contribution in [0.1, 0.15) is 36.0 Å². The number of benzene rings is 1. The van der Waals surface area contributed by atoms with Crippen molar-refractivity contribution in [3.8, 4) is 5.75 Å². The van der Waals surface area contributed by atoms with E-state index in [1.807, 2.05) is 43.3 Å². The van der Waals surface area contributed by atoms with Gasteiger partial charge in [-0.2, -0.15) is 0 Å². The van der Waals surface area contributed by atoms with E-state index in [2.05, 4.69) is 4.90 Å². The van der Waals surface area contributed by atoms with Gasteiger partial charge in [-0.25, -0.2) is 4.98 Å². The van der Waals surface area contributed by atoms with Gasteiger partial charge in [-0.15, -0.1) is 0 Å². The molecule has 3 aromatic rings. The van der Waals surface area contributed by atoms with E-state index in [1.165, 1.54) is 18.2 Å². The number of thiocarbonyl (C=S) groups is 1. The molecule has 2 fully saturated rings. The van der Waals surface area contributed by atoms with Gasteiger partial charge in [0.15, 0.2) is 0 Å². The van der Waals surface area contributed by atoms with Gasteiger partial charge < -0.3 is 9.64 Å². The zero-order valence-electron chi connectivity index (χ0n) is 19.7. The molecule has 35 heavy (non-hydrogen) atoms. The number of methoxy groups -OCH3 is 1. The number of amides is 1. The van der Waals surface area contributed by atoms with Crippen LogP contribution in [-0.2, 0) is 11.3 Å². The number of aryl methyl sites for hydroxylation is 1. The van der Waals surface area contributed by atoms with Gasteiger partial charge in [-0.05, 0) is 61.6 Å². The Labute approximate surface area is 213 Å². The van der Waals surface area contributed by atoms with Crippen LogP contribution in [0.4, 0.5) is 5.82 Å². The molecule has 7 nitrogen and oxygen atoms in total. The van der Waals surface area contributed by atoms with Gasteiger partial charge in [0, 0.05) is 19.3 Å². The Balaban J connectivity index is 1.53. The van der Waals surface area contributed by atoms with Gasteiger partial charge in [0.05, 0.1) is 24.1 Å². The van der Waals surface area contributed by atoms with E-state index in [0.29, 0.717) is 32.8 Å². The molecule has 0 unspecified atom stereocenters. The van der Waals surface area contributed by atoms with Crippen LogP contribution in [0, 0.1) is 6.92 Å². The molecule has 2 aromatic heterocycles. The molecule has 0 saturated carbocycles. The zero-order valence-corrected chi connectivity index (χ0v) is 21.3. The van der Waals surface area contributed by atoms with Crippen LogP contribution in [0.15, 0.2) is 52.3 Å². The minimum absolute atomic E-state index is 0.181. The predicted octanol–water partition coefficient (Wildman–Crippen LogP) is 4.40. The second-order valence-corrected chi connectivity index (χ2v) is 10.4. The van der Waals surface area contributed by atoms with Gasteiger partial charge in [0.2, 0.25) is 0 Å². The topological polar surface area (TPSA) is 67.2 Å². The second kappa shape index (κ2) is 9.83. The molecular weight excluding hydrogens is 480 g/mol. The van der Waals surface area contributed by atoms with E-state index < -0.39 is 0 Å². The van der Waals surface area contributed by atoms with Crippen LogP contribution in [-0.4, -0.2) is 44.7 Å². The fourth-order valence-electron chi connectivity index (χ4n) is 4.40. The first-order valence-electron chi connectivity index (χ1n) is 11.6. The van der Waals surface area contributed by atoms with Crippen LogP contribution in [0.25, 0.3) is 11.7 Å². The molecule has 180 valence electrons. The summed E-state index contributed by atoms with van der Waals surface area (Å²) in [7, 11) is 1.62. The normalized spacial score (nSPS) is 17.6. The first-order chi connectivity index (χ1) is 16.9. The number of fused-ring (bicyclic) bond motifs is 1. The molecule has 0 radical (unpaired) electrons. The highest BCUT2D eigenvalue weighted by molar-refractivity contribution is 8.26. The van der Waals surface area contributed by atoms with Crippen LogP contribution in [0.3, 0.4) is 0 Å². The van der Waals surface area contributed by atoms with E-state index in [4.69, 9.17) is 21.9 Å². The van der Waals surface area contributed by atoms with Crippen LogP contribution >= 0.6 is 24.0 Å². The number of thioether (sulfide) groups is 1. The monoisotopic (exact) mass is 506 g/mol.